The van der Waals surface area contributed by atoms with Crippen LogP contribution in [0.15, 0.2) is 86.3 Å². The normalized spacial score (nSPS) is 11.8. The van der Waals surface area contributed by atoms with E-state index in [9.17, 15) is 39.3 Å². The van der Waals surface area contributed by atoms with E-state index in [4.69, 9.17) is 0 Å². The number of benzene rings is 4. The van der Waals surface area contributed by atoms with E-state index in [1.807, 2.05) is 39.8 Å². The highest BCUT2D eigenvalue weighted by atomic mass is 32.2. The predicted octanol–water partition coefficient (Wildman–Crippen LogP) is 9.58. The monoisotopic (exact) mass is 654 g/mol. The molecule has 0 bridgehead atoms. The summed E-state index contributed by atoms with van der Waals surface area (Å²) in [7, 11) is -6.15. The second kappa shape index (κ2) is 14.2. The molecule has 3 nitrogen and oxygen atoms in total. The average molecular weight is 655 g/mol. The first-order valence-electron chi connectivity index (χ1n) is 13.6. The van der Waals surface area contributed by atoms with E-state index >= 15 is 0 Å². The molecule has 0 aromatic heterocycles. The first kappa shape index (κ1) is 35.2. The molecular formula is C33H32F6O3S2. The Bertz CT molecular complexity index is 1600. The van der Waals surface area contributed by atoms with Gasteiger partial charge in [0.1, 0.15) is 38.5 Å². The zero-order valence-corrected chi connectivity index (χ0v) is 26.5. The van der Waals surface area contributed by atoms with Gasteiger partial charge in [0.25, 0.3) is 0 Å². The minimum Gasteiger partial charge on any atom is -0.744 e. The summed E-state index contributed by atoms with van der Waals surface area (Å²) in [6.07, 6.45) is 0. The van der Waals surface area contributed by atoms with Gasteiger partial charge in [-0.3, -0.25) is 0 Å². The highest BCUT2D eigenvalue weighted by molar-refractivity contribution is 7.97. The molecule has 0 aliphatic carbocycles. The smallest absolute Gasteiger partial charge is 0.202 e. The first-order chi connectivity index (χ1) is 20.4. The van der Waals surface area contributed by atoms with Gasteiger partial charge in [-0.05, 0) is 52.6 Å². The number of hydrogen-bond donors (Lipinski definition) is 0. The molecule has 0 heterocycles. The number of rotatable bonds is 7. The molecule has 0 amide bonds. The Morgan fingerprint density at radius 2 is 0.864 bits per heavy atom. The number of halogens is 6. The molecular weight excluding hydrogens is 622 g/mol. The van der Waals surface area contributed by atoms with E-state index in [0.717, 1.165) is 42.0 Å². The Hall–Kier alpha value is -3.28. The van der Waals surface area contributed by atoms with Gasteiger partial charge in [-0.25, -0.2) is 34.8 Å². The third kappa shape index (κ3) is 8.25. The minimum absolute atomic E-state index is 0.00919. The van der Waals surface area contributed by atoms with Crippen LogP contribution in [-0.2, 0) is 21.0 Å². The summed E-state index contributed by atoms with van der Waals surface area (Å²) >= 11 is 0. The summed E-state index contributed by atoms with van der Waals surface area (Å²) < 4.78 is 117. The van der Waals surface area contributed by atoms with Crippen LogP contribution >= 0.6 is 0 Å². The highest BCUT2D eigenvalue weighted by Crippen LogP contribution is 2.37. The summed E-state index contributed by atoms with van der Waals surface area (Å²) in [5, 5.41) is 0. The van der Waals surface area contributed by atoms with Crippen LogP contribution in [0.25, 0.3) is 0 Å². The molecule has 4 aromatic rings. The minimum atomic E-state index is -4.45. The van der Waals surface area contributed by atoms with Gasteiger partial charge in [0.2, 0.25) is 14.7 Å². The molecule has 0 unspecified atom stereocenters. The molecule has 4 rings (SSSR count). The Kier molecular flexibility index (Phi) is 11.4. The van der Waals surface area contributed by atoms with Crippen LogP contribution in [0.5, 0.6) is 0 Å². The first-order valence-corrected chi connectivity index (χ1v) is 16.3. The van der Waals surface area contributed by atoms with Gasteiger partial charge in [0.15, 0.2) is 17.5 Å². The molecule has 236 valence electrons. The van der Waals surface area contributed by atoms with Gasteiger partial charge in [0.05, 0.1) is 4.90 Å². The molecule has 0 N–H and O–H groups in total. The van der Waals surface area contributed by atoms with Crippen LogP contribution in [-0.4, -0.2) is 13.0 Å². The summed E-state index contributed by atoms with van der Waals surface area (Å²) in [4.78, 5) is -0.603. The van der Waals surface area contributed by atoms with Crippen LogP contribution in [0.1, 0.15) is 76.0 Å². The van der Waals surface area contributed by atoms with Crippen molar-refractivity contribution in [3.63, 3.8) is 0 Å². The van der Waals surface area contributed by atoms with Gasteiger partial charge in [-0.15, -0.1) is 0 Å². The quantitative estimate of drug-likeness (QED) is 0.113. The van der Waals surface area contributed by atoms with Crippen molar-refractivity contribution < 1.29 is 39.3 Å². The van der Waals surface area contributed by atoms with Gasteiger partial charge in [0, 0.05) is 36.4 Å². The zero-order valence-electron chi connectivity index (χ0n) is 24.9. The van der Waals surface area contributed by atoms with E-state index < -0.39 is 55.9 Å². The third-order valence-corrected chi connectivity index (χ3v) is 9.96. The molecule has 0 aliphatic rings. The second-order valence-corrected chi connectivity index (χ2v) is 14.2. The Balaban J connectivity index is 0.000000251. The maximum Gasteiger partial charge on any atom is 0.202 e. The molecule has 0 fully saturated rings. The lowest BCUT2D eigenvalue weighted by molar-refractivity contribution is 0.459. The van der Waals surface area contributed by atoms with Gasteiger partial charge in [-0.2, -0.15) is 0 Å². The van der Waals surface area contributed by atoms with Crippen molar-refractivity contribution in [2.75, 3.05) is 0 Å². The molecule has 44 heavy (non-hydrogen) atoms. The summed E-state index contributed by atoms with van der Waals surface area (Å²) in [5.74, 6) is -5.30. The lowest BCUT2D eigenvalue weighted by atomic mass is 9.89. The molecule has 0 saturated carbocycles. The van der Waals surface area contributed by atoms with Crippen LogP contribution in [0, 0.1) is 34.9 Å². The Labute approximate surface area is 257 Å². The zero-order chi connectivity index (χ0) is 33.1. The van der Waals surface area contributed by atoms with E-state index in [1.165, 1.54) is 0 Å². The summed E-state index contributed by atoms with van der Waals surface area (Å²) in [6, 6.07) is 11.5. The molecule has 0 saturated heterocycles. The molecule has 0 radical (unpaired) electrons. The van der Waals surface area contributed by atoms with Crippen molar-refractivity contribution in [2.45, 2.75) is 78.9 Å². The van der Waals surface area contributed by atoms with Gasteiger partial charge < -0.3 is 4.55 Å². The van der Waals surface area contributed by atoms with Crippen molar-refractivity contribution >= 4 is 21.0 Å². The van der Waals surface area contributed by atoms with Crippen LogP contribution in [0.2, 0.25) is 0 Å². The average Bonchev–Trinajstić information content (AvgIpc) is 2.90. The lowest BCUT2D eigenvalue weighted by Gasteiger charge is -2.24. The van der Waals surface area contributed by atoms with Crippen molar-refractivity contribution in [3.8, 4) is 0 Å². The molecule has 11 heteroatoms. The maximum absolute atomic E-state index is 14.3. The summed E-state index contributed by atoms with van der Waals surface area (Å²) in [6.45, 7) is 11.8. The fourth-order valence-electron chi connectivity index (χ4n) is 4.46. The predicted molar refractivity (Wildman–Crippen MR) is 158 cm³/mol. The van der Waals surface area contributed by atoms with Gasteiger partial charge in [-0.1, -0.05) is 53.7 Å². The molecule has 4 aromatic carbocycles. The fourth-order valence-corrected chi connectivity index (χ4v) is 7.71. The SMILES string of the molecule is CC(C)c1cc(C(C)C)c(S(=O)(=O)[O-])c(C(C)C)c1.Fc1ccc([S+](c2ccc(F)cc2F)c2ccc(F)cc2F)c(F)c1. The largest absolute Gasteiger partial charge is 0.744 e. The number of hydrogen-bond acceptors (Lipinski definition) is 3. The van der Waals surface area contributed by atoms with Crippen molar-refractivity contribution in [1.82, 2.24) is 0 Å². The summed E-state index contributed by atoms with van der Waals surface area (Å²) in [5.41, 5.74) is 2.37. The highest BCUT2D eigenvalue weighted by Gasteiger charge is 2.37. The Morgan fingerprint density at radius 1 is 0.545 bits per heavy atom. The van der Waals surface area contributed by atoms with E-state index in [1.54, 1.807) is 0 Å². The van der Waals surface area contributed by atoms with E-state index in [2.05, 4.69) is 13.8 Å². The molecule has 0 atom stereocenters. The standard InChI is InChI=1S/C18H9F6S.C15H24O3S/c19-10-1-4-16(13(22)7-10)25(17-5-2-11(20)8-14(17)23)18-6-3-12(21)9-15(18)24;1-9(2)12-7-13(10(3)4)15(19(16,17)18)14(8-12)11(5)6/h1-9H;7-11H,1-6H3,(H,16,17,18)/q+1;/p-1. The van der Waals surface area contributed by atoms with Crippen molar-refractivity contribution in [3.05, 3.63) is 118 Å². The molecule has 0 aliphatic heterocycles. The van der Waals surface area contributed by atoms with Crippen LogP contribution < -0.4 is 0 Å². The van der Waals surface area contributed by atoms with Crippen molar-refractivity contribution in [2.24, 2.45) is 0 Å². The van der Waals surface area contributed by atoms with E-state index in [-0.39, 0.29) is 31.4 Å². The Morgan fingerprint density at radius 3 is 1.09 bits per heavy atom. The maximum atomic E-state index is 14.3. The topological polar surface area (TPSA) is 57.2 Å². The van der Waals surface area contributed by atoms with Crippen LogP contribution in [0.4, 0.5) is 26.3 Å². The van der Waals surface area contributed by atoms with E-state index in [0.29, 0.717) is 35.2 Å². The third-order valence-electron chi connectivity index (χ3n) is 6.67. The van der Waals surface area contributed by atoms with Crippen molar-refractivity contribution in [1.29, 1.82) is 0 Å². The van der Waals surface area contributed by atoms with Crippen LogP contribution in [0.3, 0.4) is 0 Å². The second-order valence-electron chi connectivity index (χ2n) is 11.0. The fraction of sp³-hybridized carbons (Fsp3) is 0.273. The lowest BCUT2D eigenvalue weighted by Crippen LogP contribution is -2.11. The van der Waals surface area contributed by atoms with Gasteiger partial charge >= 0.3 is 0 Å². The molecule has 0 spiro atoms.